The van der Waals surface area contributed by atoms with Crippen molar-refractivity contribution >= 4 is 0 Å². The molecule has 5 heteroatoms. The number of rotatable bonds is 10. The molecule has 1 rings (SSSR count). The number of hydrogen-bond donors (Lipinski definition) is 0. The Hall–Kier alpha value is -1.91. The molecule has 1 aromatic rings. The van der Waals surface area contributed by atoms with E-state index in [4.69, 9.17) is 9.47 Å². The van der Waals surface area contributed by atoms with Gasteiger partial charge in [0.25, 0.3) is 0 Å². The lowest BCUT2D eigenvalue weighted by Crippen LogP contribution is -2.03. The number of halogens is 3. The predicted molar refractivity (Wildman–Crippen MR) is 81.1 cm³/mol. The van der Waals surface area contributed by atoms with Gasteiger partial charge in [0.2, 0.25) is 0 Å². The summed E-state index contributed by atoms with van der Waals surface area (Å²) in [5.41, 5.74) is 0.325. The Bertz CT molecular complexity index is 480. The van der Waals surface area contributed by atoms with Crippen LogP contribution in [0.2, 0.25) is 0 Å². The first-order chi connectivity index (χ1) is 10.4. The number of ether oxygens (including phenoxy) is 2. The molecule has 22 heavy (non-hydrogen) atoms. The van der Waals surface area contributed by atoms with Gasteiger partial charge in [0.15, 0.2) is 11.6 Å². The van der Waals surface area contributed by atoms with E-state index in [9.17, 15) is 13.2 Å². The van der Waals surface area contributed by atoms with E-state index < -0.39 is 17.5 Å². The standard InChI is InChI=1S/C17H21F3O2/c1-12(18)6-4-10-21-15-8-9-16(17(20)14(15)3)22-11-5-7-13(2)19/h8-9H,1-2,4-7,10-11H2,3H3. The molecule has 0 amide bonds. The second kappa shape index (κ2) is 9.18. The molecule has 0 fully saturated rings. The molecular formula is C17H21F3O2. The topological polar surface area (TPSA) is 18.5 Å². The van der Waals surface area contributed by atoms with Crippen molar-refractivity contribution in [3.05, 3.63) is 48.3 Å². The van der Waals surface area contributed by atoms with E-state index in [0.29, 0.717) is 24.2 Å². The molecule has 0 bridgehead atoms. The van der Waals surface area contributed by atoms with Crippen molar-refractivity contribution in [1.82, 2.24) is 0 Å². The Morgan fingerprint density at radius 2 is 1.41 bits per heavy atom. The van der Waals surface area contributed by atoms with Gasteiger partial charge in [0.1, 0.15) is 5.75 Å². The third-order valence-electron chi connectivity index (χ3n) is 3.00. The second-order valence-corrected chi connectivity index (χ2v) is 4.94. The summed E-state index contributed by atoms with van der Waals surface area (Å²) in [4.78, 5) is 0. The van der Waals surface area contributed by atoms with Gasteiger partial charge in [-0.1, -0.05) is 13.2 Å². The second-order valence-electron chi connectivity index (χ2n) is 4.94. The van der Waals surface area contributed by atoms with Crippen LogP contribution in [0, 0.1) is 12.7 Å². The Morgan fingerprint density at radius 1 is 0.955 bits per heavy atom. The van der Waals surface area contributed by atoms with Gasteiger partial charge in [-0.15, -0.1) is 0 Å². The molecule has 0 radical (unpaired) electrons. The fourth-order valence-electron chi connectivity index (χ4n) is 1.80. The van der Waals surface area contributed by atoms with Gasteiger partial charge in [0.05, 0.1) is 24.9 Å². The first-order valence-corrected chi connectivity index (χ1v) is 7.13. The molecule has 0 heterocycles. The highest BCUT2D eigenvalue weighted by Crippen LogP contribution is 2.28. The van der Waals surface area contributed by atoms with Crippen LogP contribution in [0.5, 0.6) is 11.5 Å². The summed E-state index contributed by atoms with van der Waals surface area (Å²) in [5.74, 6) is -0.824. The Kier molecular flexibility index (Phi) is 7.57. The van der Waals surface area contributed by atoms with Crippen LogP contribution in [0.1, 0.15) is 31.2 Å². The summed E-state index contributed by atoms with van der Waals surface area (Å²) in [7, 11) is 0. The zero-order valence-corrected chi connectivity index (χ0v) is 12.8. The minimum Gasteiger partial charge on any atom is -0.493 e. The highest BCUT2D eigenvalue weighted by Gasteiger charge is 2.12. The molecule has 0 aromatic heterocycles. The molecule has 0 saturated heterocycles. The molecule has 0 unspecified atom stereocenters. The summed E-state index contributed by atoms with van der Waals surface area (Å²) in [6.07, 6.45) is 1.32. The highest BCUT2D eigenvalue weighted by atomic mass is 19.1. The first kappa shape index (κ1) is 18.1. The van der Waals surface area contributed by atoms with Gasteiger partial charge in [-0.25, -0.2) is 13.2 Å². The Labute approximate surface area is 129 Å². The number of hydrogen-bond acceptors (Lipinski definition) is 2. The van der Waals surface area contributed by atoms with E-state index in [1.165, 1.54) is 6.07 Å². The van der Waals surface area contributed by atoms with E-state index in [0.717, 1.165) is 0 Å². The molecule has 0 aliphatic carbocycles. The van der Waals surface area contributed by atoms with Crippen molar-refractivity contribution < 1.29 is 22.6 Å². The largest absolute Gasteiger partial charge is 0.493 e. The van der Waals surface area contributed by atoms with Gasteiger partial charge in [0, 0.05) is 18.4 Å². The lowest BCUT2D eigenvalue weighted by molar-refractivity contribution is 0.283. The van der Waals surface area contributed by atoms with Crippen LogP contribution in [0.3, 0.4) is 0 Å². The summed E-state index contributed by atoms with van der Waals surface area (Å²) in [6, 6.07) is 3.07. The minimum atomic E-state index is -0.508. The highest BCUT2D eigenvalue weighted by molar-refractivity contribution is 5.41. The van der Waals surface area contributed by atoms with Crippen LogP contribution >= 0.6 is 0 Å². The van der Waals surface area contributed by atoms with E-state index in [1.54, 1.807) is 13.0 Å². The van der Waals surface area contributed by atoms with Crippen LogP contribution in [-0.4, -0.2) is 13.2 Å². The van der Waals surface area contributed by atoms with Gasteiger partial charge in [-0.05, 0) is 31.9 Å². The molecule has 1 aromatic carbocycles. The van der Waals surface area contributed by atoms with Crippen LogP contribution < -0.4 is 9.47 Å². The third-order valence-corrected chi connectivity index (χ3v) is 3.00. The maximum atomic E-state index is 14.1. The van der Waals surface area contributed by atoms with Crippen molar-refractivity contribution in [1.29, 1.82) is 0 Å². The number of benzene rings is 1. The first-order valence-electron chi connectivity index (χ1n) is 7.13. The monoisotopic (exact) mass is 314 g/mol. The fourth-order valence-corrected chi connectivity index (χ4v) is 1.80. The average Bonchev–Trinajstić information content (AvgIpc) is 2.45. The summed E-state index contributed by atoms with van der Waals surface area (Å²) < 4.78 is 49.7. The van der Waals surface area contributed by atoms with Crippen LogP contribution in [0.25, 0.3) is 0 Å². The Morgan fingerprint density at radius 3 is 1.91 bits per heavy atom. The molecule has 0 saturated carbocycles. The lowest BCUT2D eigenvalue weighted by atomic mass is 10.2. The maximum Gasteiger partial charge on any atom is 0.171 e. The summed E-state index contributed by atoms with van der Waals surface area (Å²) in [6.45, 7) is 8.37. The quantitative estimate of drug-likeness (QED) is 0.537. The summed E-state index contributed by atoms with van der Waals surface area (Å²) >= 11 is 0. The minimum absolute atomic E-state index is 0.103. The molecule has 0 aliphatic heterocycles. The maximum absolute atomic E-state index is 14.1. The van der Waals surface area contributed by atoms with Crippen molar-refractivity contribution in [3.8, 4) is 11.5 Å². The van der Waals surface area contributed by atoms with Crippen LogP contribution in [0.15, 0.2) is 36.9 Å². The van der Waals surface area contributed by atoms with Crippen molar-refractivity contribution in [2.75, 3.05) is 13.2 Å². The smallest absolute Gasteiger partial charge is 0.171 e. The van der Waals surface area contributed by atoms with Gasteiger partial charge < -0.3 is 9.47 Å². The van der Waals surface area contributed by atoms with Crippen LogP contribution in [-0.2, 0) is 0 Å². The zero-order chi connectivity index (χ0) is 16.5. The van der Waals surface area contributed by atoms with Crippen molar-refractivity contribution in [2.24, 2.45) is 0 Å². The van der Waals surface area contributed by atoms with Gasteiger partial charge in [-0.2, -0.15) is 0 Å². The lowest BCUT2D eigenvalue weighted by Gasteiger charge is -2.13. The van der Waals surface area contributed by atoms with Gasteiger partial charge in [-0.3, -0.25) is 0 Å². The normalized spacial score (nSPS) is 10.4. The van der Waals surface area contributed by atoms with Crippen LogP contribution in [0.4, 0.5) is 13.2 Å². The molecule has 0 spiro atoms. The molecule has 0 N–H and O–H groups in total. The molecule has 0 atom stereocenters. The molecule has 2 nitrogen and oxygen atoms in total. The average molecular weight is 314 g/mol. The van der Waals surface area contributed by atoms with E-state index >= 15 is 0 Å². The van der Waals surface area contributed by atoms with Crippen molar-refractivity contribution in [2.45, 2.75) is 32.6 Å². The van der Waals surface area contributed by atoms with E-state index in [-0.39, 0.29) is 31.8 Å². The van der Waals surface area contributed by atoms with E-state index in [2.05, 4.69) is 13.2 Å². The SMILES string of the molecule is C=C(F)CCCOc1ccc(OCCCC(=C)F)c(F)c1C. The fraction of sp³-hybridized carbons (Fsp3) is 0.412. The zero-order valence-electron chi connectivity index (χ0n) is 12.8. The van der Waals surface area contributed by atoms with E-state index in [1.807, 2.05) is 0 Å². The third kappa shape index (κ3) is 6.24. The predicted octanol–water partition coefficient (Wildman–Crippen LogP) is 5.42. The molecule has 0 aliphatic rings. The molecule has 122 valence electrons. The number of allylic oxidation sites excluding steroid dienone is 2. The molecular weight excluding hydrogens is 293 g/mol. The van der Waals surface area contributed by atoms with Crippen molar-refractivity contribution in [3.63, 3.8) is 0 Å². The van der Waals surface area contributed by atoms with Gasteiger partial charge >= 0.3 is 0 Å². The summed E-state index contributed by atoms with van der Waals surface area (Å²) in [5, 5.41) is 0. The Balaban J connectivity index is 2.52.